The fraction of sp³-hybridized carbons (Fsp3) is 0.571. The van der Waals surface area contributed by atoms with Gasteiger partial charge >= 0.3 is 6.18 Å². The minimum absolute atomic E-state index is 0.105. The van der Waals surface area contributed by atoms with E-state index in [1.165, 1.54) is 0 Å². The Morgan fingerprint density at radius 3 is 2.38 bits per heavy atom. The van der Waals surface area contributed by atoms with Gasteiger partial charge in [0.2, 0.25) is 0 Å². The third kappa shape index (κ3) is 2.19. The van der Waals surface area contributed by atoms with Crippen LogP contribution in [0.25, 0.3) is 0 Å². The minimum atomic E-state index is -4.38. The van der Waals surface area contributed by atoms with Crippen molar-refractivity contribution in [2.75, 3.05) is 0 Å². The van der Waals surface area contributed by atoms with Crippen LogP contribution in [0.3, 0.4) is 0 Å². The maximum Gasteiger partial charge on any atom is 0.434 e. The van der Waals surface area contributed by atoms with Gasteiger partial charge in [-0.05, 0) is 6.42 Å². The number of rotatable bonds is 2. The van der Waals surface area contributed by atoms with Gasteiger partial charge in [-0.3, -0.25) is 0 Å². The molecular formula is C7H9F3N2S. The molecule has 0 unspecified atom stereocenters. The average Bonchev–Trinajstić information content (AvgIpc) is 2.46. The monoisotopic (exact) mass is 210 g/mol. The quantitative estimate of drug-likeness (QED) is 0.812. The molecule has 0 saturated carbocycles. The van der Waals surface area contributed by atoms with E-state index in [1.54, 1.807) is 6.92 Å². The van der Waals surface area contributed by atoms with Crippen LogP contribution in [0.5, 0.6) is 0 Å². The van der Waals surface area contributed by atoms with Gasteiger partial charge in [-0.25, -0.2) is 4.98 Å². The summed E-state index contributed by atoms with van der Waals surface area (Å²) in [5, 5.41) is 0.479. The Bertz CT molecular complexity index is 292. The maximum absolute atomic E-state index is 12.3. The van der Waals surface area contributed by atoms with Crippen molar-refractivity contribution in [3.8, 4) is 0 Å². The Hall–Kier alpha value is -0.620. The molecule has 0 bridgehead atoms. The first-order chi connectivity index (χ1) is 5.99. The van der Waals surface area contributed by atoms with E-state index in [1.807, 2.05) is 0 Å². The summed E-state index contributed by atoms with van der Waals surface area (Å²) in [7, 11) is 0. The van der Waals surface area contributed by atoms with Gasteiger partial charge in [0.15, 0.2) is 5.69 Å². The zero-order valence-corrected chi connectivity index (χ0v) is 7.80. The summed E-state index contributed by atoms with van der Waals surface area (Å²) in [5.74, 6) is 0. The molecule has 0 aliphatic heterocycles. The molecule has 0 atom stereocenters. The zero-order chi connectivity index (χ0) is 10.1. The molecule has 0 aliphatic carbocycles. The second-order valence-corrected chi connectivity index (χ2v) is 3.60. The van der Waals surface area contributed by atoms with Gasteiger partial charge in [0.05, 0.1) is 9.88 Å². The number of nitrogens with zero attached hydrogens (tertiary/aromatic N) is 1. The normalized spacial score (nSPS) is 12.1. The van der Waals surface area contributed by atoms with Crippen LogP contribution in [-0.2, 0) is 19.1 Å². The Balaban J connectivity index is 3.11. The van der Waals surface area contributed by atoms with Gasteiger partial charge in [0.1, 0.15) is 0 Å². The molecule has 0 aliphatic rings. The lowest BCUT2D eigenvalue weighted by Crippen LogP contribution is -2.10. The predicted octanol–water partition coefficient (Wildman–Crippen LogP) is 2.18. The highest BCUT2D eigenvalue weighted by molar-refractivity contribution is 7.11. The number of nitrogens with two attached hydrogens (primary N) is 1. The molecule has 0 aromatic carbocycles. The number of hydrogen-bond acceptors (Lipinski definition) is 3. The van der Waals surface area contributed by atoms with Crippen LogP contribution in [0.1, 0.15) is 22.5 Å². The summed E-state index contributed by atoms with van der Waals surface area (Å²) in [6.07, 6.45) is -3.87. The molecule has 0 spiro atoms. The molecular weight excluding hydrogens is 201 g/mol. The Morgan fingerprint density at radius 1 is 1.46 bits per heavy atom. The molecule has 2 nitrogen and oxygen atoms in total. The first kappa shape index (κ1) is 10.5. The number of aryl methyl sites for hydroxylation is 1. The minimum Gasteiger partial charge on any atom is -0.326 e. The molecule has 74 valence electrons. The molecule has 0 fully saturated rings. The standard InChI is InChI=1S/C7H9F3N2S/c1-2-5-12-6(7(8,9)10)4(3-11)13-5/h2-3,11H2,1H3. The van der Waals surface area contributed by atoms with E-state index in [2.05, 4.69) is 4.98 Å². The first-order valence-corrected chi connectivity index (χ1v) is 4.56. The summed E-state index contributed by atoms with van der Waals surface area (Å²) in [6, 6.07) is 0. The highest BCUT2D eigenvalue weighted by Gasteiger charge is 2.36. The van der Waals surface area contributed by atoms with Crippen molar-refractivity contribution >= 4 is 11.3 Å². The van der Waals surface area contributed by atoms with Crippen molar-refractivity contribution in [2.45, 2.75) is 26.1 Å². The molecule has 1 heterocycles. The third-order valence-electron chi connectivity index (χ3n) is 1.50. The zero-order valence-electron chi connectivity index (χ0n) is 6.98. The van der Waals surface area contributed by atoms with Gasteiger partial charge in [0.25, 0.3) is 0 Å². The van der Waals surface area contributed by atoms with Crippen molar-refractivity contribution in [3.63, 3.8) is 0 Å². The Kier molecular flexibility index (Phi) is 2.92. The van der Waals surface area contributed by atoms with Gasteiger partial charge in [-0.15, -0.1) is 11.3 Å². The Morgan fingerprint density at radius 2 is 2.08 bits per heavy atom. The summed E-state index contributed by atoms with van der Waals surface area (Å²) in [6.45, 7) is 1.66. The largest absolute Gasteiger partial charge is 0.434 e. The van der Waals surface area contributed by atoms with Crippen molar-refractivity contribution < 1.29 is 13.2 Å². The average molecular weight is 210 g/mol. The van der Waals surface area contributed by atoms with Crippen LogP contribution < -0.4 is 5.73 Å². The van der Waals surface area contributed by atoms with Crippen molar-refractivity contribution in [1.29, 1.82) is 0 Å². The highest BCUT2D eigenvalue weighted by atomic mass is 32.1. The molecule has 1 rings (SSSR count). The summed E-state index contributed by atoms with van der Waals surface area (Å²) in [5.41, 5.74) is 4.36. The summed E-state index contributed by atoms with van der Waals surface area (Å²) >= 11 is 1.03. The molecule has 2 N–H and O–H groups in total. The number of aromatic nitrogens is 1. The lowest BCUT2D eigenvalue weighted by Gasteiger charge is -2.03. The fourth-order valence-electron chi connectivity index (χ4n) is 0.911. The maximum atomic E-state index is 12.3. The smallest absolute Gasteiger partial charge is 0.326 e. The van der Waals surface area contributed by atoms with Crippen LogP contribution in [0, 0.1) is 0 Å². The molecule has 0 radical (unpaired) electrons. The van der Waals surface area contributed by atoms with E-state index in [9.17, 15) is 13.2 Å². The molecule has 1 aromatic rings. The van der Waals surface area contributed by atoms with Crippen molar-refractivity contribution in [3.05, 3.63) is 15.6 Å². The van der Waals surface area contributed by atoms with Crippen molar-refractivity contribution in [2.24, 2.45) is 5.73 Å². The Labute approximate surface area is 77.6 Å². The topological polar surface area (TPSA) is 38.9 Å². The fourth-order valence-corrected chi connectivity index (χ4v) is 1.82. The third-order valence-corrected chi connectivity index (χ3v) is 2.72. The van der Waals surface area contributed by atoms with Gasteiger partial charge in [-0.1, -0.05) is 6.92 Å². The number of hydrogen-bond donors (Lipinski definition) is 1. The first-order valence-electron chi connectivity index (χ1n) is 3.74. The van der Waals surface area contributed by atoms with E-state index in [-0.39, 0.29) is 11.4 Å². The molecule has 0 amide bonds. The van der Waals surface area contributed by atoms with Crippen molar-refractivity contribution in [1.82, 2.24) is 4.98 Å². The predicted molar refractivity (Wildman–Crippen MR) is 44.4 cm³/mol. The van der Waals surface area contributed by atoms with E-state index in [4.69, 9.17) is 5.73 Å². The van der Waals surface area contributed by atoms with Crippen LogP contribution in [0.15, 0.2) is 0 Å². The van der Waals surface area contributed by atoms with E-state index in [0.717, 1.165) is 11.3 Å². The van der Waals surface area contributed by atoms with E-state index in [0.29, 0.717) is 11.4 Å². The van der Waals surface area contributed by atoms with Crippen LogP contribution >= 0.6 is 11.3 Å². The van der Waals surface area contributed by atoms with Crippen LogP contribution in [-0.4, -0.2) is 4.98 Å². The lowest BCUT2D eigenvalue weighted by atomic mass is 10.3. The van der Waals surface area contributed by atoms with Crippen LogP contribution in [0.2, 0.25) is 0 Å². The molecule has 6 heteroatoms. The molecule has 13 heavy (non-hydrogen) atoms. The van der Waals surface area contributed by atoms with E-state index < -0.39 is 11.9 Å². The second kappa shape index (κ2) is 3.63. The molecule has 0 saturated heterocycles. The number of alkyl halides is 3. The van der Waals surface area contributed by atoms with Gasteiger partial charge in [0, 0.05) is 6.54 Å². The SMILES string of the molecule is CCc1nc(C(F)(F)F)c(CN)s1. The lowest BCUT2D eigenvalue weighted by molar-refractivity contribution is -0.141. The summed E-state index contributed by atoms with van der Waals surface area (Å²) < 4.78 is 36.8. The van der Waals surface area contributed by atoms with E-state index >= 15 is 0 Å². The van der Waals surface area contributed by atoms with Gasteiger partial charge < -0.3 is 5.73 Å². The van der Waals surface area contributed by atoms with Gasteiger partial charge in [-0.2, -0.15) is 13.2 Å². The number of thiazole rings is 1. The highest BCUT2D eigenvalue weighted by Crippen LogP contribution is 2.34. The summed E-state index contributed by atoms with van der Waals surface area (Å²) in [4.78, 5) is 3.60. The molecule has 1 aromatic heterocycles. The van der Waals surface area contributed by atoms with Crippen LogP contribution in [0.4, 0.5) is 13.2 Å². The number of halogens is 3. The second-order valence-electron chi connectivity index (χ2n) is 2.43.